The van der Waals surface area contributed by atoms with Crippen LogP contribution in [-0.2, 0) is 14.3 Å². The molecule has 0 aliphatic rings. The van der Waals surface area contributed by atoms with Crippen molar-refractivity contribution in [3.8, 4) is 0 Å². The number of carbonyl (C=O) groups is 3. The Morgan fingerprint density at radius 2 is 1.70 bits per heavy atom. The van der Waals surface area contributed by atoms with Crippen LogP contribution in [0.3, 0.4) is 0 Å². The van der Waals surface area contributed by atoms with Crippen LogP contribution in [0.1, 0.15) is 42.0 Å². The van der Waals surface area contributed by atoms with Gasteiger partial charge in [-0.1, -0.05) is 50.2 Å². The molecule has 2 N–H and O–H groups in total. The first-order chi connectivity index (χ1) is 12.9. The summed E-state index contributed by atoms with van der Waals surface area (Å²) in [5.41, 5.74) is 0.959. The van der Waals surface area contributed by atoms with Gasteiger partial charge in [0.1, 0.15) is 6.04 Å². The van der Waals surface area contributed by atoms with Crippen LogP contribution in [0.25, 0.3) is 0 Å². The lowest BCUT2D eigenvalue weighted by Gasteiger charge is -2.21. The number of amides is 2. The molecule has 1 aromatic carbocycles. The van der Waals surface area contributed by atoms with E-state index in [1.54, 1.807) is 31.4 Å². The van der Waals surface area contributed by atoms with E-state index >= 15 is 0 Å². The van der Waals surface area contributed by atoms with Crippen molar-refractivity contribution in [2.75, 3.05) is 6.61 Å². The molecular formula is C20H24N2O4S. The molecule has 2 atom stereocenters. The second-order valence-corrected chi connectivity index (χ2v) is 7.43. The van der Waals surface area contributed by atoms with Crippen molar-refractivity contribution in [3.05, 3.63) is 58.3 Å². The summed E-state index contributed by atoms with van der Waals surface area (Å²) in [6.45, 7) is 5.07. The topological polar surface area (TPSA) is 84.5 Å². The first-order valence-corrected chi connectivity index (χ1v) is 9.61. The fourth-order valence-corrected chi connectivity index (χ4v) is 3.08. The van der Waals surface area contributed by atoms with Crippen molar-refractivity contribution in [3.63, 3.8) is 0 Å². The van der Waals surface area contributed by atoms with Crippen LogP contribution in [0.15, 0.2) is 47.8 Å². The van der Waals surface area contributed by atoms with Crippen LogP contribution in [0, 0.1) is 5.92 Å². The molecule has 0 radical (unpaired) electrons. The van der Waals surface area contributed by atoms with Gasteiger partial charge in [0.05, 0.1) is 10.9 Å². The fraction of sp³-hybridized carbons (Fsp3) is 0.350. The van der Waals surface area contributed by atoms with Crippen molar-refractivity contribution in [2.45, 2.75) is 32.9 Å². The highest BCUT2D eigenvalue weighted by atomic mass is 32.1. The average Bonchev–Trinajstić information content (AvgIpc) is 3.19. The third kappa shape index (κ3) is 6.21. The van der Waals surface area contributed by atoms with E-state index in [1.165, 1.54) is 11.3 Å². The van der Waals surface area contributed by atoms with E-state index in [9.17, 15) is 14.4 Å². The minimum absolute atomic E-state index is 0.173. The lowest BCUT2D eigenvalue weighted by molar-refractivity contribution is -0.151. The first kappa shape index (κ1) is 20.6. The number of carbonyl (C=O) groups excluding carboxylic acids is 3. The molecule has 0 aliphatic heterocycles. The van der Waals surface area contributed by atoms with Gasteiger partial charge in [0.15, 0.2) is 6.61 Å². The van der Waals surface area contributed by atoms with Crippen LogP contribution < -0.4 is 10.6 Å². The second-order valence-electron chi connectivity index (χ2n) is 6.48. The zero-order chi connectivity index (χ0) is 19.8. The van der Waals surface area contributed by atoms with Crippen molar-refractivity contribution in [1.82, 2.24) is 10.6 Å². The molecule has 1 heterocycles. The zero-order valence-electron chi connectivity index (χ0n) is 15.6. The van der Waals surface area contributed by atoms with Gasteiger partial charge in [0.2, 0.25) is 0 Å². The standard InChI is InChI=1S/C20H24N2O4S/c1-13(2)18(22-19(24)16-10-7-11-27-16)20(25)26-12-17(23)21-14(3)15-8-5-4-6-9-15/h4-11,13-14,18H,12H2,1-3H3,(H,21,23)(H,22,24)/t14-,18+/m1/s1. The molecule has 0 unspecified atom stereocenters. The highest BCUT2D eigenvalue weighted by molar-refractivity contribution is 7.12. The van der Waals surface area contributed by atoms with Crippen LogP contribution in [0.5, 0.6) is 0 Å². The monoisotopic (exact) mass is 388 g/mol. The Morgan fingerprint density at radius 1 is 1.00 bits per heavy atom. The molecule has 2 aromatic rings. The van der Waals surface area contributed by atoms with E-state index in [0.29, 0.717) is 4.88 Å². The molecule has 2 amide bonds. The molecule has 144 valence electrons. The summed E-state index contributed by atoms with van der Waals surface area (Å²) in [6.07, 6.45) is 0. The maximum absolute atomic E-state index is 12.3. The van der Waals surface area contributed by atoms with Gasteiger partial charge in [0, 0.05) is 0 Å². The van der Waals surface area contributed by atoms with E-state index in [-0.39, 0.29) is 17.9 Å². The van der Waals surface area contributed by atoms with Gasteiger partial charge in [-0.15, -0.1) is 11.3 Å². The predicted molar refractivity (Wildman–Crippen MR) is 104 cm³/mol. The maximum atomic E-state index is 12.3. The minimum atomic E-state index is -0.820. The fourth-order valence-electron chi connectivity index (χ4n) is 2.45. The normalized spacial score (nSPS) is 12.9. The van der Waals surface area contributed by atoms with Gasteiger partial charge in [-0.25, -0.2) is 4.79 Å². The lowest BCUT2D eigenvalue weighted by Crippen LogP contribution is -2.46. The molecule has 6 nitrogen and oxygen atoms in total. The summed E-state index contributed by atoms with van der Waals surface area (Å²) in [7, 11) is 0. The number of hydrogen-bond acceptors (Lipinski definition) is 5. The Morgan fingerprint density at radius 3 is 2.30 bits per heavy atom. The van der Waals surface area contributed by atoms with Gasteiger partial charge in [-0.3, -0.25) is 9.59 Å². The van der Waals surface area contributed by atoms with Gasteiger partial charge < -0.3 is 15.4 Å². The van der Waals surface area contributed by atoms with Crippen molar-refractivity contribution in [2.24, 2.45) is 5.92 Å². The Bertz CT molecular complexity index is 760. The van der Waals surface area contributed by atoms with Crippen LogP contribution >= 0.6 is 11.3 Å². The van der Waals surface area contributed by atoms with E-state index < -0.39 is 24.5 Å². The average molecular weight is 388 g/mol. The number of ether oxygens (including phenoxy) is 1. The summed E-state index contributed by atoms with van der Waals surface area (Å²) in [6, 6.07) is 11.9. The highest BCUT2D eigenvalue weighted by Gasteiger charge is 2.27. The predicted octanol–water partition coefficient (Wildman–Crippen LogP) is 2.92. The van der Waals surface area contributed by atoms with Crippen molar-refractivity contribution < 1.29 is 19.1 Å². The molecule has 0 saturated carbocycles. The Balaban J connectivity index is 1.86. The minimum Gasteiger partial charge on any atom is -0.454 e. The lowest BCUT2D eigenvalue weighted by atomic mass is 10.0. The summed E-state index contributed by atoms with van der Waals surface area (Å²) in [4.78, 5) is 37.1. The highest BCUT2D eigenvalue weighted by Crippen LogP contribution is 2.12. The van der Waals surface area contributed by atoms with Gasteiger partial charge >= 0.3 is 5.97 Å². The molecule has 0 spiro atoms. The third-order valence-electron chi connectivity index (χ3n) is 3.97. The van der Waals surface area contributed by atoms with Crippen molar-refractivity contribution in [1.29, 1.82) is 0 Å². The Labute approximate surface area is 162 Å². The van der Waals surface area contributed by atoms with Crippen LogP contribution in [0.4, 0.5) is 0 Å². The number of hydrogen-bond donors (Lipinski definition) is 2. The zero-order valence-corrected chi connectivity index (χ0v) is 16.4. The summed E-state index contributed by atoms with van der Waals surface area (Å²) < 4.78 is 5.12. The van der Waals surface area contributed by atoms with Crippen LogP contribution in [0.2, 0.25) is 0 Å². The largest absolute Gasteiger partial charge is 0.454 e. The molecule has 0 aliphatic carbocycles. The number of nitrogens with one attached hydrogen (secondary N) is 2. The summed E-state index contributed by atoms with van der Waals surface area (Å²) in [5.74, 6) is -1.53. The smallest absolute Gasteiger partial charge is 0.329 e. The Kier molecular flexibility index (Phi) is 7.55. The second kappa shape index (κ2) is 9.87. The van der Waals surface area contributed by atoms with Crippen LogP contribution in [-0.4, -0.2) is 30.4 Å². The molecule has 1 aromatic heterocycles. The molecular weight excluding hydrogens is 364 g/mol. The number of esters is 1. The first-order valence-electron chi connectivity index (χ1n) is 8.73. The van der Waals surface area contributed by atoms with E-state index in [0.717, 1.165) is 5.56 Å². The molecule has 2 rings (SSSR count). The van der Waals surface area contributed by atoms with E-state index in [4.69, 9.17) is 4.74 Å². The summed E-state index contributed by atoms with van der Waals surface area (Å²) in [5, 5.41) is 7.24. The molecule has 7 heteroatoms. The van der Waals surface area contributed by atoms with Gasteiger partial charge in [-0.2, -0.15) is 0 Å². The molecule has 0 fully saturated rings. The van der Waals surface area contributed by atoms with Gasteiger partial charge in [0.25, 0.3) is 11.8 Å². The third-order valence-corrected chi connectivity index (χ3v) is 4.84. The number of benzene rings is 1. The molecule has 27 heavy (non-hydrogen) atoms. The Hall–Kier alpha value is -2.67. The number of thiophene rings is 1. The van der Waals surface area contributed by atoms with Crippen molar-refractivity contribution >= 4 is 29.1 Å². The molecule has 0 bridgehead atoms. The van der Waals surface area contributed by atoms with E-state index in [1.807, 2.05) is 37.3 Å². The SMILES string of the molecule is CC(C)[C@H](NC(=O)c1cccs1)C(=O)OCC(=O)N[C@H](C)c1ccccc1. The number of rotatable bonds is 8. The van der Waals surface area contributed by atoms with Gasteiger partial charge in [-0.05, 0) is 29.9 Å². The molecule has 0 saturated heterocycles. The van der Waals surface area contributed by atoms with E-state index in [2.05, 4.69) is 10.6 Å². The summed E-state index contributed by atoms with van der Waals surface area (Å²) >= 11 is 1.29. The maximum Gasteiger partial charge on any atom is 0.329 e. The quantitative estimate of drug-likeness (QED) is 0.681.